The van der Waals surface area contributed by atoms with E-state index in [1.165, 1.54) is 11.0 Å². The second-order valence-electron chi connectivity index (χ2n) is 11.7. The van der Waals surface area contributed by atoms with Gasteiger partial charge in [0.2, 0.25) is 0 Å². The lowest BCUT2D eigenvalue weighted by atomic mass is 9.96. The number of anilines is 1. The number of nitrogens with zero attached hydrogens (tertiary/aromatic N) is 7. The molecule has 4 aromatic rings. The maximum Gasteiger partial charge on any atom is 0.433 e. The number of likely N-dealkylation sites (N-methyl/N-ethyl adjacent to an activating group) is 1. The molecular formula is C33H30ClF4N7O2. The number of amides is 1. The van der Waals surface area contributed by atoms with Gasteiger partial charge in [0, 0.05) is 41.6 Å². The highest BCUT2D eigenvalue weighted by molar-refractivity contribution is 6.36. The Morgan fingerprint density at radius 2 is 1.87 bits per heavy atom. The van der Waals surface area contributed by atoms with Crippen molar-refractivity contribution in [3.8, 4) is 23.2 Å². The van der Waals surface area contributed by atoms with Crippen LogP contribution in [0.5, 0.6) is 6.01 Å². The van der Waals surface area contributed by atoms with Crippen molar-refractivity contribution in [1.82, 2.24) is 24.8 Å². The smallest absolute Gasteiger partial charge is 0.433 e. The zero-order valence-electron chi connectivity index (χ0n) is 25.4. The van der Waals surface area contributed by atoms with Crippen LogP contribution >= 0.6 is 11.6 Å². The van der Waals surface area contributed by atoms with Gasteiger partial charge in [-0.1, -0.05) is 48.5 Å². The molecule has 0 spiro atoms. The van der Waals surface area contributed by atoms with Gasteiger partial charge in [-0.05, 0) is 49.5 Å². The Bertz CT molecular complexity index is 1910. The number of piperazine rings is 1. The topological polar surface area (TPSA) is 98.5 Å². The first-order valence-corrected chi connectivity index (χ1v) is 15.4. The number of ether oxygens (including phenoxy) is 1. The fraction of sp³-hybridized carbons (Fsp3) is 0.364. The molecule has 4 heterocycles. The molecule has 2 aromatic heterocycles. The largest absolute Gasteiger partial charge is 0.462 e. The molecule has 0 radical (unpaired) electrons. The van der Waals surface area contributed by atoms with E-state index in [0.29, 0.717) is 10.8 Å². The first-order chi connectivity index (χ1) is 22.5. The second kappa shape index (κ2) is 12.9. The minimum Gasteiger partial charge on any atom is -0.462 e. The van der Waals surface area contributed by atoms with Crippen LogP contribution < -0.4 is 9.64 Å². The number of pyridine rings is 1. The Morgan fingerprint density at radius 1 is 1.11 bits per heavy atom. The van der Waals surface area contributed by atoms with E-state index >= 15 is 0 Å². The van der Waals surface area contributed by atoms with Crippen LogP contribution in [-0.2, 0) is 11.0 Å². The third-order valence-electron chi connectivity index (χ3n) is 8.72. The van der Waals surface area contributed by atoms with Crippen LogP contribution in [0.2, 0.25) is 5.02 Å². The SMILES string of the molecule is C=C(F)C(=O)N1CCN(c2nc(OCC3CCCN3C)nc3cc(-c4cccc5cccc(Cl)c45)c(C(F)(F)F)nc23)CC1CC#N. The summed E-state index contributed by atoms with van der Waals surface area (Å²) in [4.78, 5) is 30.7. The Kier molecular flexibility index (Phi) is 8.91. The molecule has 6 rings (SSSR count). The molecule has 2 fully saturated rings. The number of halogens is 5. The van der Waals surface area contributed by atoms with Gasteiger partial charge in [0.1, 0.15) is 12.1 Å². The Labute approximate surface area is 273 Å². The van der Waals surface area contributed by atoms with Gasteiger partial charge in [-0.25, -0.2) is 9.37 Å². The molecule has 2 aliphatic heterocycles. The van der Waals surface area contributed by atoms with Gasteiger partial charge < -0.3 is 19.4 Å². The van der Waals surface area contributed by atoms with E-state index in [9.17, 15) is 27.6 Å². The standard InChI is InChI=1S/C33H30ClF4N7O2/c1-19(35)31(46)45-15-14-44(17-21(45)11-12-39)30-28-26(40-32(42-30)47-18-22-8-5-13-43(22)2)16-24(29(41-28)33(36,37)38)23-9-3-6-20-7-4-10-25(34)27(20)23/h3-4,6-7,9-10,16,21-22H,1,5,8,11,13-15,17-18H2,2H3. The zero-order valence-corrected chi connectivity index (χ0v) is 26.2. The molecule has 0 saturated carbocycles. The molecule has 0 N–H and O–H groups in total. The lowest BCUT2D eigenvalue weighted by Crippen LogP contribution is -2.55. The molecule has 2 aliphatic rings. The summed E-state index contributed by atoms with van der Waals surface area (Å²) in [5.74, 6) is -2.07. The lowest BCUT2D eigenvalue weighted by Gasteiger charge is -2.41. The number of alkyl halides is 3. The number of carbonyl (C=O) groups excluding carboxylic acids is 1. The number of rotatable bonds is 7. The number of likely N-dealkylation sites (tertiary alicyclic amines) is 1. The van der Waals surface area contributed by atoms with Crippen molar-refractivity contribution in [2.24, 2.45) is 0 Å². The van der Waals surface area contributed by atoms with Gasteiger partial charge in [-0.15, -0.1) is 0 Å². The Morgan fingerprint density at radius 3 is 2.55 bits per heavy atom. The normalized spacial score (nSPS) is 18.9. The summed E-state index contributed by atoms with van der Waals surface area (Å²) in [6.45, 7) is 4.28. The zero-order chi connectivity index (χ0) is 33.5. The number of carbonyl (C=O) groups is 1. The van der Waals surface area contributed by atoms with E-state index in [2.05, 4.69) is 26.4 Å². The monoisotopic (exact) mass is 667 g/mol. The van der Waals surface area contributed by atoms with E-state index in [4.69, 9.17) is 16.3 Å². The fourth-order valence-corrected chi connectivity index (χ4v) is 6.65. The van der Waals surface area contributed by atoms with Crippen LogP contribution in [0.4, 0.5) is 23.4 Å². The molecule has 2 aromatic carbocycles. The van der Waals surface area contributed by atoms with Gasteiger partial charge in [0.15, 0.2) is 17.3 Å². The summed E-state index contributed by atoms with van der Waals surface area (Å²) in [7, 11) is 1.99. The molecule has 2 atom stereocenters. The maximum atomic E-state index is 14.8. The molecule has 0 bridgehead atoms. The van der Waals surface area contributed by atoms with E-state index in [0.717, 1.165) is 19.4 Å². The van der Waals surface area contributed by atoms with Gasteiger partial charge in [0.25, 0.3) is 5.91 Å². The third-order valence-corrected chi connectivity index (χ3v) is 9.04. The van der Waals surface area contributed by atoms with Crippen molar-refractivity contribution in [1.29, 1.82) is 5.26 Å². The molecule has 1 amide bonds. The van der Waals surface area contributed by atoms with Crippen molar-refractivity contribution < 1.29 is 27.1 Å². The van der Waals surface area contributed by atoms with Crippen LogP contribution in [-0.4, -0.2) is 82.6 Å². The van der Waals surface area contributed by atoms with Crippen LogP contribution in [0.15, 0.2) is 54.9 Å². The quantitative estimate of drug-likeness (QED) is 0.165. The van der Waals surface area contributed by atoms with Crippen molar-refractivity contribution in [3.05, 3.63) is 65.6 Å². The van der Waals surface area contributed by atoms with E-state index in [1.54, 1.807) is 41.3 Å². The van der Waals surface area contributed by atoms with Crippen molar-refractivity contribution in [2.45, 2.75) is 37.5 Å². The highest BCUT2D eigenvalue weighted by Gasteiger charge is 2.39. The minimum atomic E-state index is -4.87. The highest BCUT2D eigenvalue weighted by atomic mass is 35.5. The summed E-state index contributed by atoms with van der Waals surface area (Å²) in [6, 6.07) is 12.7. The van der Waals surface area contributed by atoms with E-state index in [1.807, 2.05) is 13.1 Å². The summed E-state index contributed by atoms with van der Waals surface area (Å²) in [5, 5.41) is 10.8. The Balaban J connectivity index is 1.52. The summed E-state index contributed by atoms with van der Waals surface area (Å²) < 4.78 is 64.3. The van der Waals surface area contributed by atoms with Crippen LogP contribution in [0.25, 0.3) is 32.9 Å². The minimum absolute atomic E-state index is 0.0206. The summed E-state index contributed by atoms with van der Waals surface area (Å²) in [6.07, 6.45) is -3.11. The first kappa shape index (κ1) is 32.4. The lowest BCUT2D eigenvalue weighted by molar-refractivity contribution is -0.140. The van der Waals surface area contributed by atoms with Gasteiger partial charge in [0.05, 0.1) is 24.0 Å². The number of nitriles is 1. The summed E-state index contributed by atoms with van der Waals surface area (Å²) in [5.41, 5.74) is -1.17. The average Bonchev–Trinajstić information content (AvgIpc) is 3.46. The van der Waals surface area contributed by atoms with Crippen molar-refractivity contribution >= 4 is 45.1 Å². The molecule has 47 heavy (non-hydrogen) atoms. The molecule has 9 nitrogen and oxygen atoms in total. The number of fused-ring (bicyclic) bond motifs is 2. The van der Waals surface area contributed by atoms with Gasteiger partial charge in [-0.3, -0.25) is 4.79 Å². The molecule has 14 heteroatoms. The van der Waals surface area contributed by atoms with Crippen molar-refractivity contribution in [2.75, 3.05) is 44.7 Å². The predicted octanol–water partition coefficient (Wildman–Crippen LogP) is 6.40. The molecule has 0 aliphatic carbocycles. The predicted molar refractivity (Wildman–Crippen MR) is 170 cm³/mol. The van der Waals surface area contributed by atoms with Crippen molar-refractivity contribution in [3.63, 3.8) is 0 Å². The van der Waals surface area contributed by atoms with Crippen LogP contribution in [0.3, 0.4) is 0 Å². The molecular weight excluding hydrogens is 638 g/mol. The molecule has 2 unspecified atom stereocenters. The highest BCUT2D eigenvalue weighted by Crippen LogP contribution is 2.43. The van der Waals surface area contributed by atoms with Gasteiger partial charge in [-0.2, -0.15) is 28.4 Å². The number of hydrogen-bond acceptors (Lipinski definition) is 8. The van der Waals surface area contributed by atoms with E-state index < -0.39 is 29.6 Å². The first-order valence-electron chi connectivity index (χ1n) is 15.0. The summed E-state index contributed by atoms with van der Waals surface area (Å²) >= 11 is 6.52. The molecule has 2 saturated heterocycles. The van der Waals surface area contributed by atoms with E-state index in [-0.39, 0.29) is 77.7 Å². The maximum absolute atomic E-state index is 14.8. The Hall–Kier alpha value is -4.54. The number of benzene rings is 2. The van der Waals surface area contributed by atoms with Crippen LogP contribution in [0.1, 0.15) is 25.0 Å². The number of hydrogen-bond donors (Lipinski definition) is 0. The molecule has 244 valence electrons. The fourth-order valence-electron chi connectivity index (χ4n) is 6.36. The third kappa shape index (κ3) is 6.40. The van der Waals surface area contributed by atoms with Crippen LogP contribution in [0, 0.1) is 11.3 Å². The average molecular weight is 668 g/mol. The van der Waals surface area contributed by atoms with Gasteiger partial charge >= 0.3 is 12.2 Å². The number of aromatic nitrogens is 3. The second-order valence-corrected chi connectivity index (χ2v) is 12.1.